The molecule has 1 aliphatic heterocycles. The third-order valence-electron chi connectivity index (χ3n) is 7.92. The lowest BCUT2D eigenvalue weighted by Crippen LogP contribution is -2.41. The summed E-state index contributed by atoms with van der Waals surface area (Å²) in [5, 5.41) is 3.23. The Bertz CT molecular complexity index is 1290. The summed E-state index contributed by atoms with van der Waals surface area (Å²) in [5.41, 5.74) is 4.50. The fourth-order valence-corrected chi connectivity index (χ4v) is 4.74. The zero-order valence-corrected chi connectivity index (χ0v) is 28.3. The molecule has 1 N–H and O–H groups in total. The predicted molar refractivity (Wildman–Crippen MR) is 183 cm³/mol. The van der Waals surface area contributed by atoms with Crippen molar-refractivity contribution in [2.75, 3.05) is 72.2 Å². The zero-order chi connectivity index (χ0) is 32.7. The van der Waals surface area contributed by atoms with E-state index < -0.39 is 0 Å². The van der Waals surface area contributed by atoms with E-state index in [2.05, 4.69) is 76.9 Å². The summed E-state index contributed by atoms with van der Waals surface area (Å²) >= 11 is 0. The minimum atomic E-state index is -0.179. The Morgan fingerprint density at radius 3 is 2.56 bits per heavy atom. The van der Waals surface area contributed by atoms with Crippen LogP contribution in [0.15, 0.2) is 87.3 Å². The number of anilines is 1. The van der Waals surface area contributed by atoms with E-state index in [1.165, 1.54) is 0 Å². The van der Waals surface area contributed by atoms with Crippen LogP contribution in [0.2, 0.25) is 0 Å². The summed E-state index contributed by atoms with van der Waals surface area (Å²) in [6.45, 7) is 19.9. The summed E-state index contributed by atoms with van der Waals surface area (Å²) in [6, 6.07) is 3.95. The van der Waals surface area contributed by atoms with Crippen LogP contribution in [0.3, 0.4) is 0 Å². The first kappa shape index (κ1) is 35.7. The molecule has 0 amide bonds. The van der Waals surface area contributed by atoms with Crippen molar-refractivity contribution < 1.29 is 18.9 Å². The number of methoxy groups -OCH3 is 2. The molecule has 1 aromatic rings. The van der Waals surface area contributed by atoms with Crippen molar-refractivity contribution in [3.8, 4) is 0 Å². The number of rotatable bonds is 17. The normalized spacial score (nSPS) is 17.1. The summed E-state index contributed by atoms with van der Waals surface area (Å²) < 4.78 is 22.7. The highest BCUT2D eigenvalue weighted by molar-refractivity contribution is 5.99. The second-order valence-corrected chi connectivity index (χ2v) is 11.4. The molecule has 246 valence electrons. The van der Waals surface area contributed by atoms with Crippen LogP contribution in [0.5, 0.6) is 0 Å². The zero-order valence-electron chi connectivity index (χ0n) is 28.3. The molecule has 3 rings (SSSR count). The smallest absolute Gasteiger partial charge is 0.127 e. The minimum Gasteiger partial charge on any atom is -0.497 e. The van der Waals surface area contributed by atoms with E-state index in [4.69, 9.17) is 23.9 Å². The molecule has 2 aliphatic rings. The highest BCUT2D eigenvalue weighted by atomic mass is 16.5. The van der Waals surface area contributed by atoms with Crippen LogP contribution in [0, 0.1) is 0 Å². The second kappa shape index (κ2) is 18.3. The Labute approximate surface area is 269 Å². The first-order chi connectivity index (χ1) is 21.7. The maximum Gasteiger partial charge on any atom is 0.127 e. The van der Waals surface area contributed by atoms with E-state index in [0.29, 0.717) is 19.7 Å². The molecule has 0 spiro atoms. The molecule has 10 heteroatoms. The molecule has 0 unspecified atom stereocenters. The van der Waals surface area contributed by atoms with Gasteiger partial charge in [-0.25, -0.2) is 4.98 Å². The molecule has 1 saturated heterocycles. The Balaban J connectivity index is 1.87. The molecular formula is C35H52N6O4. The number of nitrogens with zero attached hydrogens (tertiary/aromatic N) is 5. The molecular weight excluding hydrogens is 568 g/mol. The van der Waals surface area contributed by atoms with E-state index >= 15 is 0 Å². The Hall–Kier alpha value is -3.73. The fraction of sp³-hybridized carbons (Fsp3) is 0.514. The molecule has 0 radical (unpaired) electrons. The van der Waals surface area contributed by atoms with Gasteiger partial charge in [0.2, 0.25) is 0 Å². The molecule has 0 saturated carbocycles. The predicted octanol–water partition coefficient (Wildman–Crippen LogP) is 5.94. The summed E-state index contributed by atoms with van der Waals surface area (Å²) in [6.07, 6.45) is 13.7. The monoisotopic (exact) mass is 620 g/mol. The molecule has 0 bridgehead atoms. The third kappa shape index (κ3) is 11.6. The van der Waals surface area contributed by atoms with Gasteiger partial charge in [-0.2, -0.15) is 0 Å². The van der Waals surface area contributed by atoms with Gasteiger partial charge in [-0.15, -0.1) is 0 Å². The molecule has 0 aromatic carbocycles. The number of ether oxygens (including phenoxy) is 4. The van der Waals surface area contributed by atoms with Crippen molar-refractivity contribution in [3.05, 3.63) is 82.9 Å². The average Bonchev–Trinajstić information content (AvgIpc) is 3.27. The number of allylic oxidation sites excluding steroid dienone is 5. The van der Waals surface area contributed by atoms with E-state index in [9.17, 15) is 0 Å². The van der Waals surface area contributed by atoms with Gasteiger partial charge in [0.05, 0.1) is 45.3 Å². The molecule has 45 heavy (non-hydrogen) atoms. The molecule has 10 nitrogen and oxygen atoms in total. The number of aliphatic imine (C=N–C) groups is 2. The lowest BCUT2D eigenvalue weighted by molar-refractivity contribution is -0.00962. The van der Waals surface area contributed by atoms with Gasteiger partial charge in [-0.3, -0.25) is 14.9 Å². The van der Waals surface area contributed by atoms with Crippen molar-refractivity contribution in [1.82, 2.24) is 14.8 Å². The molecule has 2 heterocycles. The van der Waals surface area contributed by atoms with Crippen molar-refractivity contribution >= 4 is 18.2 Å². The van der Waals surface area contributed by atoms with Crippen LogP contribution in [0.25, 0.3) is 0 Å². The van der Waals surface area contributed by atoms with E-state index in [1.54, 1.807) is 14.2 Å². The second-order valence-electron chi connectivity index (χ2n) is 11.4. The molecule has 1 aliphatic carbocycles. The molecule has 1 fully saturated rings. The van der Waals surface area contributed by atoms with Crippen LogP contribution in [-0.2, 0) is 18.9 Å². The van der Waals surface area contributed by atoms with Crippen LogP contribution < -0.4 is 5.32 Å². The third-order valence-corrected chi connectivity index (χ3v) is 7.92. The lowest BCUT2D eigenvalue weighted by atomic mass is 10.1. The number of nitrogens with one attached hydrogen (secondary N) is 1. The van der Waals surface area contributed by atoms with Gasteiger partial charge < -0.3 is 29.2 Å². The van der Waals surface area contributed by atoms with E-state index in [1.807, 2.05) is 38.3 Å². The summed E-state index contributed by atoms with van der Waals surface area (Å²) in [7, 11) is 3.35. The van der Waals surface area contributed by atoms with Gasteiger partial charge in [0.25, 0.3) is 0 Å². The van der Waals surface area contributed by atoms with Crippen molar-refractivity contribution in [2.24, 2.45) is 9.98 Å². The van der Waals surface area contributed by atoms with Crippen molar-refractivity contribution in [3.63, 3.8) is 0 Å². The lowest BCUT2D eigenvalue weighted by Gasteiger charge is -2.33. The summed E-state index contributed by atoms with van der Waals surface area (Å²) in [5.74, 6) is 2.26. The maximum atomic E-state index is 5.89. The maximum absolute atomic E-state index is 5.89. The number of hydrogen-bond acceptors (Lipinski definition) is 10. The average molecular weight is 621 g/mol. The van der Waals surface area contributed by atoms with Gasteiger partial charge in [-0.1, -0.05) is 13.0 Å². The highest BCUT2D eigenvalue weighted by Crippen LogP contribution is 2.26. The van der Waals surface area contributed by atoms with E-state index in [0.717, 1.165) is 91.5 Å². The Morgan fingerprint density at radius 1 is 1.18 bits per heavy atom. The van der Waals surface area contributed by atoms with Crippen LogP contribution in [0.4, 0.5) is 5.82 Å². The number of morpholine rings is 1. The van der Waals surface area contributed by atoms with Gasteiger partial charge >= 0.3 is 0 Å². The Kier molecular flexibility index (Phi) is 14.5. The van der Waals surface area contributed by atoms with E-state index in [-0.39, 0.29) is 5.60 Å². The molecule has 0 atom stereocenters. The molecule has 1 aromatic heterocycles. The minimum absolute atomic E-state index is 0.179. The van der Waals surface area contributed by atoms with Crippen LogP contribution >= 0.6 is 0 Å². The number of aromatic nitrogens is 1. The van der Waals surface area contributed by atoms with Crippen molar-refractivity contribution in [1.29, 1.82) is 0 Å². The fourth-order valence-electron chi connectivity index (χ4n) is 4.74. The van der Waals surface area contributed by atoms with Gasteiger partial charge in [0.15, 0.2) is 0 Å². The number of hydrogen-bond donors (Lipinski definition) is 1. The van der Waals surface area contributed by atoms with Crippen LogP contribution in [0.1, 0.15) is 53.0 Å². The largest absolute Gasteiger partial charge is 0.497 e. The number of pyridine rings is 1. The topological polar surface area (TPSA) is 93.0 Å². The Morgan fingerprint density at radius 2 is 1.93 bits per heavy atom. The quantitative estimate of drug-likeness (QED) is 0.130. The van der Waals surface area contributed by atoms with Gasteiger partial charge in [0, 0.05) is 73.6 Å². The summed E-state index contributed by atoms with van der Waals surface area (Å²) in [4.78, 5) is 18.5. The van der Waals surface area contributed by atoms with Crippen molar-refractivity contribution in [2.45, 2.75) is 53.1 Å². The first-order valence-electron chi connectivity index (χ1n) is 15.7. The van der Waals surface area contributed by atoms with Gasteiger partial charge in [-0.05, 0) is 65.1 Å². The van der Waals surface area contributed by atoms with Gasteiger partial charge in [0.1, 0.15) is 24.1 Å². The standard InChI is InChI=1S/C35H52N6O4/c1-9-30(41(16-15-40-17-19-44-20-18-40)31-12-13-32(42-7)23-33(22-31)43-8)21-29(25-36-6)39-27(3)28-11-14-34(37-24-28)38-26-45-35(4,5)10-2/h9,11,13-14,21-24H,6,10,12,15-20,25-26H2,1-5,7-8H3,(H,37,38)/b29-21+,30-9+,39-27+. The first-order valence-corrected chi connectivity index (χ1v) is 15.7. The highest BCUT2D eigenvalue weighted by Gasteiger charge is 2.19. The SMILES string of the molecule is C=NCC(=C\C(=C/C)N(CCN1CCOCC1)C1=CC(OC)=CC(OC)=CC1)/N=C(\C)c1ccc(NCOC(C)(C)CC)nc1. The van der Waals surface area contributed by atoms with Crippen LogP contribution in [-0.4, -0.2) is 99.7 Å².